The van der Waals surface area contributed by atoms with Gasteiger partial charge in [-0.15, -0.1) is 0 Å². The lowest BCUT2D eigenvalue weighted by molar-refractivity contribution is -0.132. The second kappa shape index (κ2) is 4.84. The van der Waals surface area contributed by atoms with Crippen LogP contribution < -0.4 is 16.4 Å². The van der Waals surface area contributed by atoms with Crippen LogP contribution >= 0.6 is 0 Å². The van der Waals surface area contributed by atoms with Crippen LogP contribution in [0.1, 0.15) is 13.8 Å². The first-order valence-corrected chi connectivity index (χ1v) is 6.10. The van der Waals surface area contributed by atoms with E-state index in [4.69, 9.17) is 5.73 Å². The maximum absolute atomic E-state index is 11.9. The Kier molecular flexibility index (Phi) is 3.35. The van der Waals surface area contributed by atoms with E-state index in [0.717, 1.165) is 4.90 Å². The molecule has 1 fully saturated rings. The van der Waals surface area contributed by atoms with Crippen LogP contribution in [0.3, 0.4) is 0 Å². The van der Waals surface area contributed by atoms with E-state index < -0.39 is 23.4 Å². The number of rotatable bonds is 3. The van der Waals surface area contributed by atoms with Crippen molar-refractivity contribution < 1.29 is 14.4 Å². The minimum absolute atomic E-state index is 0.345. The zero-order valence-electron chi connectivity index (χ0n) is 11.3. The van der Waals surface area contributed by atoms with Crippen LogP contribution in [0.4, 0.5) is 16.2 Å². The van der Waals surface area contributed by atoms with Gasteiger partial charge in [0.15, 0.2) is 0 Å². The van der Waals surface area contributed by atoms with E-state index in [2.05, 4.69) is 10.6 Å². The molecular formula is C13H16N4O3. The van der Waals surface area contributed by atoms with E-state index in [0.29, 0.717) is 11.4 Å². The van der Waals surface area contributed by atoms with Crippen molar-refractivity contribution in [3.05, 3.63) is 24.3 Å². The van der Waals surface area contributed by atoms with Crippen molar-refractivity contribution in [2.45, 2.75) is 19.4 Å². The third-order valence-electron chi connectivity index (χ3n) is 2.98. The summed E-state index contributed by atoms with van der Waals surface area (Å²) in [7, 11) is 0. The van der Waals surface area contributed by atoms with Crippen LogP contribution in [0.5, 0.6) is 0 Å². The monoisotopic (exact) mass is 276 g/mol. The molecule has 1 aliphatic heterocycles. The second-order valence-electron chi connectivity index (χ2n) is 5.08. The van der Waals surface area contributed by atoms with Gasteiger partial charge in [0.1, 0.15) is 12.1 Å². The third-order valence-corrected chi connectivity index (χ3v) is 2.98. The minimum atomic E-state index is -0.983. The van der Waals surface area contributed by atoms with Crippen molar-refractivity contribution in [1.29, 1.82) is 0 Å². The van der Waals surface area contributed by atoms with Gasteiger partial charge in [-0.2, -0.15) is 0 Å². The summed E-state index contributed by atoms with van der Waals surface area (Å²) in [6, 6.07) is 6.18. The predicted molar refractivity (Wildman–Crippen MR) is 73.8 cm³/mol. The van der Waals surface area contributed by atoms with Gasteiger partial charge in [-0.1, -0.05) is 12.1 Å². The fourth-order valence-corrected chi connectivity index (χ4v) is 1.91. The van der Waals surface area contributed by atoms with E-state index in [1.165, 1.54) is 0 Å². The van der Waals surface area contributed by atoms with Gasteiger partial charge >= 0.3 is 6.03 Å². The van der Waals surface area contributed by atoms with Crippen LogP contribution in [-0.4, -0.2) is 34.8 Å². The Labute approximate surface area is 116 Å². The van der Waals surface area contributed by atoms with Crippen molar-refractivity contribution >= 4 is 29.2 Å². The number of nitrogens with one attached hydrogen (secondary N) is 2. The number of nitrogens with two attached hydrogens (primary N) is 1. The third kappa shape index (κ3) is 2.56. The van der Waals surface area contributed by atoms with Crippen LogP contribution in [0.2, 0.25) is 0 Å². The fraction of sp³-hybridized carbons (Fsp3) is 0.308. The molecule has 1 heterocycles. The van der Waals surface area contributed by atoms with E-state index in [1.807, 2.05) is 0 Å². The van der Waals surface area contributed by atoms with Gasteiger partial charge < -0.3 is 16.4 Å². The molecule has 106 valence electrons. The summed E-state index contributed by atoms with van der Waals surface area (Å²) in [5.74, 6) is -0.914. The van der Waals surface area contributed by atoms with E-state index in [-0.39, 0.29) is 6.54 Å². The molecule has 4 amide bonds. The number of hydrogen-bond acceptors (Lipinski definition) is 4. The Balaban J connectivity index is 2.04. The number of para-hydroxylation sites is 2. The smallest absolute Gasteiger partial charge is 0.325 e. The molecule has 1 aromatic carbocycles. The average molecular weight is 276 g/mol. The largest absolute Gasteiger partial charge is 0.397 e. The molecule has 0 saturated carbocycles. The molecule has 1 aromatic rings. The topological polar surface area (TPSA) is 105 Å². The quantitative estimate of drug-likeness (QED) is 0.553. The number of amides is 4. The van der Waals surface area contributed by atoms with Crippen molar-refractivity contribution in [2.24, 2.45) is 0 Å². The molecule has 7 nitrogen and oxygen atoms in total. The van der Waals surface area contributed by atoms with Crippen molar-refractivity contribution in [2.75, 3.05) is 17.6 Å². The molecule has 2 rings (SSSR count). The molecule has 1 saturated heterocycles. The van der Waals surface area contributed by atoms with Gasteiger partial charge in [-0.05, 0) is 26.0 Å². The molecule has 1 aliphatic rings. The van der Waals surface area contributed by atoms with E-state index in [1.54, 1.807) is 38.1 Å². The molecule has 0 aromatic heterocycles. The molecule has 0 radical (unpaired) electrons. The maximum Gasteiger partial charge on any atom is 0.325 e. The Morgan fingerprint density at radius 3 is 2.55 bits per heavy atom. The Hall–Kier alpha value is -2.57. The first kappa shape index (κ1) is 13.9. The first-order valence-electron chi connectivity index (χ1n) is 6.10. The first-order chi connectivity index (χ1) is 9.31. The number of hydrogen-bond donors (Lipinski definition) is 3. The Morgan fingerprint density at radius 1 is 1.35 bits per heavy atom. The fourth-order valence-electron chi connectivity index (χ4n) is 1.91. The molecule has 0 atom stereocenters. The standard InChI is InChI=1S/C13H16N4O3/c1-13(2)11(19)17(12(20)16-13)7-10(18)15-9-6-4-3-5-8(9)14/h3-6H,7,14H2,1-2H3,(H,15,18)(H,16,20). The maximum atomic E-state index is 11.9. The van der Waals surface area contributed by atoms with Gasteiger partial charge in [-0.3, -0.25) is 14.5 Å². The molecule has 7 heteroatoms. The number of nitrogens with zero attached hydrogens (tertiary/aromatic N) is 1. The zero-order valence-corrected chi connectivity index (χ0v) is 11.3. The average Bonchev–Trinajstić information content (AvgIpc) is 2.55. The number of carbonyl (C=O) groups is 3. The van der Waals surface area contributed by atoms with E-state index >= 15 is 0 Å². The minimum Gasteiger partial charge on any atom is -0.397 e. The number of anilines is 2. The number of urea groups is 1. The normalized spacial score (nSPS) is 17.0. The van der Waals surface area contributed by atoms with Crippen molar-refractivity contribution in [3.8, 4) is 0 Å². The number of nitrogen functional groups attached to an aromatic ring is 1. The van der Waals surface area contributed by atoms with Crippen LogP contribution in [-0.2, 0) is 9.59 Å². The highest BCUT2D eigenvalue weighted by Crippen LogP contribution is 2.18. The molecule has 20 heavy (non-hydrogen) atoms. The lowest BCUT2D eigenvalue weighted by Crippen LogP contribution is -2.41. The molecule has 0 aliphatic carbocycles. The number of carbonyl (C=O) groups excluding carboxylic acids is 3. The SMILES string of the molecule is CC1(C)NC(=O)N(CC(=O)Nc2ccccc2N)C1=O. The van der Waals surface area contributed by atoms with Crippen molar-refractivity contribution in [1.82, 2.24) is 10.2 Å². The summed E-state index contributed by atoms with van der Waals surface area (Å²) >= 11 is 0. The lowest BCUT2D eigenvalue weighted by Gasteiger charge is -2.16. The molecule has 0 spiro atoms. The molecule has 0 unspecified atom stereocenters. The molecular weight excluding hydrogens is 260 g/mol. The summed E-state index contributed by atoms with van der Waals surface area (Å²) < 4.78 is 0. The van der Waals surface area contributed by atoms with Crippen LogP contribution in [0, 0.1) is 0 Å². The second-order valence-corrected chi connectivity index (χ2v) is 5.08. The van der Waals surface area contributed by atoms with Crippen LogP contribution in [0.15, 0.2) is 24.3 Å². The number of benzene rings is 1. The molecule has 0 bridgehead atoms. The van der Waals surface area contributed by atoms with Gasteiger partial charge in [0, 0.05) is 0 Å². The lowest BCUT2D eigenvalue weighted by atomic mass is 10.1. The predicted octanol–water partition coefficient (Wildman–Crippen LogP) is 0.538. The van der Waals surface area contributed by atoms with Gasteiger partial charge in [0.05, 0.1) is 11.4 Å². The summed E-state index contributed by atoms with van der Waals surface area (Å²) in [6.45, 7) is 2.82. The van der Waals surface area contributed by atoms with Crippen molar-refractivity contribution in [3.63, 3.8) is 0 Å². The summed E-state index contributed by atoms with van der Waals surface area (Å²) in [5, 5.41) is 5.07. The highest BCUT2D eigenvalue weighted by atomic mass is 16.2. The molecule has 4 N–H and O–H groups in total. The zero-order chi connectivity index (χ0) is 14.9. The number of imide groups is 1. The Bertz CT molecular complexity index is 583. The summed E-state index contributed by atoms with van der Waals surface area (Å²) in [6.07, 6.45) is 0. The van der Waals surface area contributed by atoms with Gasteiger partial charge in [0.25, 0.3) is 5.91 Å². The van der Waals surface area contributed by atoms with Gasteiger partial charge in [0.2, 0.25) is 5.91 Å². The van der Waals surface area contributed by atoms with E-state index in [9.17, 15) is 14.4 Å². The van der Waals surface area contributed by atoms with Gasteiger partial charge in [-0.25, -0.2) is 4.79 Å². The summed E-state index contributed by atoms with van der Waals surface area (Å²) in [5.41, 5.74) is 5.58. The highest BCUT2D eigenvalue weighted by Gasteiger charge is 2.44. The summed E-state index contributed by atoms with van der Waals surface area (Å²) in [4.78, 5) is 36.3. The van der Waals surface area contributed by atoms with Crippen LogP contribution in [0.25, 0.3) is 0 Å². The highest BCUT2D eigenvalue weighted by molar-refractivity contribution is 6.09. The Morgan fingerprint density at radius 2 is 2.00 bits per heavy atom.